The van der Waals surface area contributed by atoms with Crippen LogP contribution in [0.3, 0.4) is 0 Å². The summed E-state index contributed by atoms with van der Waals surface area (Å²) in [7, 11) is 0. The van der Waals surface area contributed by atoms with E-state index in [2.05, 4.69) is 9.97 Å². The summed E-state index contributed by atoms with van der Waals surface area (Å²) in [5, 5.41) is 0. The van der Waals surface area contributed by atoms with E-state index in [0.29, 0.717) is 24.7 Å². The van der Waals surface area contributed by atoms with E-state index in [1.54, 1.807) is 29.4 Å². The second-order valence-corrected chi connectivity index (χ2v) is 6.34. The van der Waals surface area contributed by atoms with Crippen LogP contribution in [0, 0.1) is 11.6 Å². The summed E-state index contributed by atoms with van der Waals surface area (Å²) in [5.41, 5.74) is 1.93. The van der Waals surface area contributed by atoms with Crippen molar-refractivity contribution in [1.82, 2.24) is 19.8 Å². The van der Waals surface area contributed by atoms with Crippen LogP contribution >= 0.6 is 0 Å². The third-order valence-electron chi connectivity index (χ3n) is 4.68. The van der Waals surface area contributed by atoms with Crippen molar-refractivity contribution in [3.63, 3.8) is 0 Å². The molecule has 0 aliphatic carbocycles. The van der Waals surface area contributed by atoms with Crippen LogP contribution in [0.1, 0.15) is 20.7 Å². The lowest BCUT2D eigenvalue weighted by Gasteiger charge is -2.35. The molecule has 1 N–H and O–H groups in total. The number of nitrogens with one attached hydrogen (secondary N) is 1. The minimum atomic E-state index is -0.883. The van der Waals surface area contributed by atoms with Crippen LogP contribution in [-0.2, 0) is 0 Å². The number of amides is 2. The average Bonchev–Trinajstić information content (AvgIpc) is 3.15. The largest absolute Gasteiger partial charge is 0.345 e. The van der Waals surface area contributed by atoms with Crippen LogP contribution in [0.4, 0.5) is 8.78 Å². The van der Waals surface area contributed by atoms with E-state index in [-0.39, 0.29) is 24.6 Å². The number of hydrogen-bond acceptors (Lipinski definition) is 3. The lowest BCUT2D eigenvalue weighted by atomic mass is 10.1. The highest BCUT2D eigenvalue weighted by Crippen LogP contribution is 2.17. The Bertz CT molecular complexity index is 1030. The molecule has 1 aromatic heterocycles. The molecule has 0 saturated carbocycles. The number of rotatable bonds is 2. The molecule has 0 radical (unpaired) electrons. The number of hydrogen-bond donors (Lipinski definition) is 1. The van der Waals surface area contributed by atoms with Crippen LogP contribution in [0.5, 0.6) is 0 Å². The van der Waals surface area contributed by atoms with Crippen molar-refractivity contribution in [1.29, 1.82) is 0 Å². The van der Waals surface area contributed by atoms with E-state index in [9.17, 15) is 18.4 Å². The summed E-state index contributed by atoms with van der Waals surface area (Å²) < 4.78 is 26.8. The predicted octanol–water partition coefficient (Wildman–Crippen LogP) is 2.44. The van der Waals surface area contributed by atoms with Crippen LogP contribution < -0.4 is 0 Å². The molecule has 4 rings (SSSR count). The first kappa shape index (κ1) is 17.1. The zero-order chi connectivity index (χ0) is 19.0. The molecule has 27 heavy (non-hydrogen) atoms. The predicted molar refractivity (Wildman–Crippen MR) is 94.3 cm³/mol. The average molecular weight is 370 g/mol. The molecular weight excluding hydrogens is 354 g/mol. The number of piperazine rings is 1. The fraction of sp³-hybridized carbons (Fsp3) is 0.211. The number of imidazole rings is 1. The van der Waals surface area contributed by atoms with Gasteiger partial charge in [-0.15, -0.1) is 0 Å². The number of benzene rings is 2. The quantitative estimate of drug-likeness (QED) is 0.753. The summed E-state index contributed by atoms with van der Waals surface area (Å²) in [6.45, 7) is 1.25. The number of aromatic nitrogens is 2. The van der Waals surface area contributed by atoms with Crippen molar-refractivity contribution in [3.8, 4) is 0 Å². The van der Waals surface area contributed by atoms with Gasteiger partial charge in [0.25, 0.3) is 11.8 Å². The maximum atomic E-state index is 13.8. The molecule has 0 spiro atoms. The van der Waals surface area contributed by atoms with Gasteiger partial charge < -0.3 is 14.8 Å². The van der Waals surface area contributed by atoms with Gasteiger partial charge in [0, 0.05) is 37.8 Å². The smallest absolute Gasteiger partial charge is 0.256 e. The maximum absolute atomic E-state index is 13.8. The van der Waals surface area contributed by atoms with Gasteiger partial charge >= 0.3 is 0 Å². The van der Waals surface area contributed by atoms with E-state index in [1.807, 2.05) is 0 Å². The topological polar surface area (TPSA) is 69.3 Å². The molecule has 1 fully saturated rings. The fourth-order valence-electron chi connectivity index (χ4n) is 3.20. The first-order chi connectivity index (χ1) is 13.0. The van der Waals surface area contributed by atoms with Gasteiger partial charge in [-0.3, -0.25) is 9.59 Å². The van der Waals surface area contributed by atoms with Crippen LogP contribution in [0.15, 0.2) is 42.7 Å². The Hall–Kier alpha value is -3.29. The number of aromatic amines is 1. The third kappa shape index (κ3) is 3.25. The van der Waals surface area contributed by atoms with E-state index in [4.69, 9.17) is 0 Å². The van der Waals surface area contributed by atoms with Crippen molar-refractivity contribution in [2.75, 3.05) is 26.2 Å². The van der Waals surface area contributed by atoms with Gasteiger partial charge in [0.1, 0.15) is 11.6 Å². The van der Waals surface area contributed by atoms with E-state index in [1.165, 1.54) is 4.90 Å². The Morgan fingerprint density at radius 1 is 0.926 bits per heavy atom. The molecule has 3 aromatic rings. The second kappa shape index (κ2) is 6.79. The van der Waals surface area contributed by atoms with Gasteiger partial charge in [-0.05, 0) is 30.3 Å². The molecule has 6 nitrogen and oxygen atoms in total. The van der Waals surface area contributed by atoms with Crippen molar-refractivity contribution in [2.45, 2.75) is 0 Å². The lowest BCUT2D eigenvalue weighted by Crippen LogP contribution is -2.50. The minimum Gasteiger partial charge on any atom is -0.345 e. The van der Waals surface area contributed by atoms with Gasteiger partial charge in [0.15, 0.2) is 0 Å². The van der Waals surface area contributed by atoms with Crippen molar-refractivity contribution >= 4 is 22.8 Å². The molecular formula is C19H16F2N4O2. The van der Waals surface area contributed by atoms with Crippen molar-refractivity contribution in [3.05, 3.63) is 65.5 Å². The Balaban J connectivity index is 1.43. The molecule has 1 saturated heterocycles. The highest BCUT2D eigenvalue weighted by Gasteiger charge is 2.27. The molecule has 8 heteroatoms. The number of carbonyl (C=O) groups is 2. The van der Waals surface area contributed by atoms with Crippen molar-refractivity contribution < 1.29 is 18.4 Å². The molecule has 2 amide bonds. The maximum Gasteiger partial charge on any atom is 0.256 e. The summed E-state index contributed by atoms with van der Waals surface area (Å²) in [4.78, 5) is 35.4. The Labute approximate surface area is 153 Å². The summed E-state index contributed by atoms with van der Waals surface area (Å²) >= 11 is 0. The van der Waals surface area contributed by atoms with Gasteiger partial charge in [-0.25, -0.2) is 13.8 Å². The number of halogens is 2. The normalized spacial score (nSPS) is 14.6. The first-order valence-electron chi connectivity index (χ1n) is 8.49. The number of carbonyl (C=O) groups excluding carboxylic acids is 2. The van der Waals surface area contributed by atoms with Gasteiger partial charge in [0.2, 0.25) is 0 Å². The third-order valence-corrected chi connectivity index (χ3v) is 4.68. The molecule has 1 aliphatic heterocycles. The van der Waals surface area contributed by atoms with Gasteiger partial charge in [0.05, 0.1) is 22.9 Å². The zero-order valence-corrected chi connectivity index (χ0v) is 14.3. The number of H-pyrrole nitrogens is 1. The Morgan fingerprint density at radius 3 is 2.33 bits per heavy atom. The summed E-state index contributed by atoms with van der Waals surface area (Å²) in [5.74, 6) is -2.25. The Kier molecular flexibility index (Phi) is 4.31. The van der Waals surface area contributed by atoms with Crippen LogP contribution in [0.25, 0.3) is 11.0 Å². The second-order valence-electron chi connectivity index (χ2n) is 6.34. The van der Waals surface area contributed by atoms with E-state index >= 15 is 0 Å². The molecule has 2 heterocycles. The van der Waals surface area contributed by atoms with Gasteiger partial charge in [-0.2, -0.15) is 0 Å². The molecule has 0 atom stereocenters. The number of nitrogens with zero attached hydrogens (tertiary/aromatic N) is 3. The SMILES string of the molecule is O=C(c1ccc2nc[nH]c2c1)N1CCN(C(=O)c2ccc(F)cc2F)CC1. The highest BCUT2D eigenvalue weighted by molar-refractivity contribution is 5.98. The summed E-state index contributed by atoms with van der Waals surface area (Å²) in [6.07, 6.45) is 1.57. The van der Waals surface area contributed by atoms with Crippen molar-refractivity contribution in [2.24, 2.45) is 0 Å². The summed E-state index contributed by atoms with van der Waals surface area (Å²) in [6, 6.07) is 8.13. The molecule has 138 valence electrons. The highest BCUT2D eigenvalue weighted by atomic mass is 19.1. The standard InChI is InChI=1S/C19H16F2N4O2/c20-13-2-3-14(15(21)10-13)19(27)25-7-5-24(6-8-25)18(26)12-1-4-16-17(9-12)23-11-22-16/h1-4,9-11H,5-8H2,(H,22,23). The fourth-order valence-corrected chi connectivity index (χ4v) is 3.20. The first-order valence-corrected chi connectivity index (χ1v) is 8.49. The van der Waals surface area contributed by atoms with Crippen LogP contribution in [0.2, 0.25) is 0 Å². The lowest BCUT2D eigenvalue weighted by molar-refractivity contribution is 0.0533. The van der Waals surface area contributed by atoms with E-state index in [0.717, 1.165) is 23.2 Å². The molecule has 0 unspecified atom stereocenters. The molecule has 2 aromatic carbocycles. The van der Waals surface area contributed by atoms with Gasteiger partial charge in [-0.1, -0.05) is 0 Å². The number of fused-ring (bicyclic) bond motifs is 1. The monoisotopic (exact) mass is 370 g/mol. The zero-order valence-electron chi connectivity index (χ0n) is 14.3. The molecule has 0 bridgehead atoms. The molecule has 1 aliphatic rings. The Morgan fingerprint density at radius 2 is 1.63 bits per heavy atom. The van der Waals surface area contributed by atoms with Crippen LogP contribution in [-0.4, -0.2) is 57.8 Å². The van der Waals surface area contributed by atoms with E-state index < -0.39 is 17.5 Å². The minimum absolute atomic E-state index is 0.133.